The lowest BCUT2D eigenvalue weighted by Crippen LogP contribution is -2.37. The average molecular weight is 323 g/mol. The lowest BCUT2D eigenvalue weighted by Gasteiger charge is -2.30. The van der Waals surface area contributed by atoms with Gasteiger partial charge in [0.2, 0.25) is 0 Å². The number of morpholine rings is 1. The van der Waals surface area contributed by atoms with Crippen molar-refractivity contribution in [2.75, 3.05) is 31.2 Å². The Morgan fingerprint density at radius 3 is 2.10 bits per heavy atom. The van der Waals surface area contributed by atoms with Gasteiger partial charge < -0.3 is 9.64 Å². The quantitative estimate of drug-likeness (QED) is 0.747. The molecule has 1 aromatic rings. The molecular weight excluding hydrogens is 310 g/mol. The van der Waals surface area contributed by atoms with Crippen LogP contribution in [0.25, 0.3) is 0 Å². The largest absolute Gasteiger partial charge is 0.378 e. The molecule has 0 aliphatic carbocycles. The van der Waals surface area contributed by atoms with Gasteiger partial charge in [-0.2, -0.15) is 16.8 Å². The van der Waals surface area contributed by atoms with Crippen LogP contribution in [-0.2, 0) is 25.0 Å². The monoisotopic (exact) mass is 323 g/mol. The number of nitrogens with zero attached hydrogens (tertiary/aromatic N) is 1. The second-order valence-electron chi connectivity index (χ2n) is 4.18. The van der Waals surface area contributed by atoms with Gasteiger partial charge in [0, 0.05) is 13.1 Å². The Hall–Kier alpha value is -1.20. The molecule has 0 aromatic heterocycles. The Morgan fingerprint density at radius 1 is 1.00 bits per heavy atom. The molecule has 20 heavy (non-hydrogen) atoms. The Labute approximate surface area is 116 Å². The van der Waals surface area contributed by atoms with E-state index in [2.05, 4.69) is 0 Å². The van der Waals surface area contributed by atoms with Crippen LogP contribution < -0.4 is 4.90 Å². The van der Waals surface area contributed by atoms with Gasteiger partial charge in [0.1, 0.15) is 4.90 Å². The van der Waals surface area contributed by atoms with Crippen molar-refractivity contribution in [1.82, 2.24) is 0 Å². The van der Waals surface area contributed by atoms with Crippen molar-refractivity contribution in [1.29, 1.82) is 0 Å². The molecule has 2 N–H and O–H groups in total. The number of anilines is 1. The molecule has 0 saturated carbocycles. The van der Waals surface area contributed by atoms with Crippen LogP contribution in [0.1, 0.15) is 0 Å². The van der Waals surface area contributed by atoms with Gasteiger partial charge >= 0.3 is 0 Å². The van der Waals surface area contributed by atoms with Gasteiger partial charge in [0.15, 0.2) is 0 Å². The molecule has 2 rings (SSSR count). The summed E-state index contributed by atoms with van der Waals surface area (Å²) in [7, 11) is -8.96. The van der Waals surface area contributed by atoms with Crippen LogP contribution in [0.2, 0.25) is 0 Å². The zero-order valence-electron chi connectivity index (χ0n) is 10.3. The molecule has 8 nitrogen and oxygen atoms in total. The summed E-state index contributed by atoms with van der Waals surface area (Å²) in [6.45, 7) is 1.39. The molecule has 112 valence electrons. The Kier molecular flexibility index (Phi) is 4.02. The second kappa shape index (κ2) is 5.30. The van der Waals surface area contributed by atoms with E-state index in [1.165, 1.54) is 0 Å². The van der Waals surface area contributed by atoms with Gasteiger partial charge in [-0.3, -0.25) is 9.11 Å². The summed E-state index contributed by atoms with van der Waals surface area (Å²) in [5.74, 6) is 0. The molecule has 1 aromatic carbocycles. The minimum atomic E-state index is -4.50. The van der Waals surface area contributed by atoms with Crippen LogP contribution >= 0.6 is 0 Å². The van der Waals surface area contributed by atoms with Gasteiger partial charge in [-0.1, -0.05) is 0 Å². The normalized spacial score (nSPS) is 17.2. The van der Waals surface area contributed by atoms with E-state index in [1.54, 1.807) is 4.90 Å². The summed E-state index contributed by atoms with van der Waals surface area (Å²) in [6.07, 6.45) is 0. The van der Waals surface area contributed by atoms with Gasteiger partial charge in [-0.15, -0.1) is 0 Å². The summed E-state index contributed by atoms with van der Waals surface area (Å²) < 4.78 is 68.3. The van der Waals surface area contributed by atoms with Crippen LogP contribution in [0.3, 0.4) is 0 Å². The first kappa shape index (κ1) is 15.2. The maximum atomic E-state index is 11.3. The van der Waals surface area contributed by atoms with Gasteiger partial charge in [-0.05, 0) is 18.2 Å². The van der Waals surface area contributed by atoms with E-state index in [1.807, 2.05) is 0 Å². The van der Waals surface area contributed by atoms with E-state index >= 15 is 0 Å². The predicted octanol–water partition coefficient (Wildman–Crippen LogP) is 0.0166. The molecule has 0 atom stereocenters. The highest BCUT2D eigenvalue weighted by atomic mass is 32.2. The Morgan fingerprint density at radius 2 is 1.60 bits per heavy atom. The molecule has 0 bridgehead atoms. The van der Waals surface area contributed by atoms with Gasteiger partial charge in [0.25, 0.3) is 20.2 Å². The first-order valence-electron chi connectivity index (χ1n) is 5.61. The minimum Gasteiger partial charge on any atom is -0.378 e. The summed E-state index contributed by atoms with van der Waals surface area (Å²) in [6, 6.07) is 2.88. The van der Waals surface area contributed by atoms with Crippen LogP contribution in [0.15, 0.2) is 28.0 Å². The number of ether oxygens (including phenoxy) is 1. The van der Waals surface area contributed by atoms with Crippen molar-refractivity contribution >= 4 is 25.9 Å². The predicted molar refractivity (Wildman–Crippen MR) is 69.1 cm³/mol. The number of benzene rings is 1. The highest BCUT2D eigenvalue weighted by Gasteiger charge is 2.24. The third-order valence-corrected chi connectivity index (χ3v) is 4.61. The number of rotatable bonds is 3. The van der Waals surface area contributed by atoms with E-state index in [0.29, 0.717) is 26.3 Å². The average Bonchev–Trinajstić information content (AvgIpc) is 2.37. The highest BCUT2D eigenvalue weighted by Crippen LogP contribution is 2.28. The summed E-state index contributed by atoms with van der Waals surface area (Å²) in [5.41, 5.74) is 0.0194. The maximum Gasteiger partial charge on any atom is 0.296 e. The van der Waals surface area contributed by atoms with E-state index in [0.717, 1.165) is 18.2 Å². The van der Waals surface area contributed by atoms with E-state index in [4.69, 9.17) is 9.29 Å². The van der Waals surface area contributed by atoms with E-state index < -0.39 is 30.0 Å². The van der Waals surface area contributed by atoms with Crippen LogP contribution in [0, 0.1) is 0 Å². The zero-order valence-corrected chi connectivity index (χ0v) is 11.9. The molecule has 10 heteroatoms. The maximum absolute atomic E-state index is 11.3. The topological polar surface area (TPSA) is 121 Å². The van der Waals surface area contributed by atoms with Crippen LogP contribution in [0.4, 0.5) is 5.69 Å². The summed E-state index contributed by atoms with van der Waals surface area (Å²) >= 11 is 0. The van der Waals surface area contributed by atoms with Gasteiger partial charge in [-0.25, -0.2) is 0 Å². The van der Waals surface area contributed by atoms with Crippen molar-refractivity contribution in [2.24, 2.45) is 0 Å². The fourth-order valence-corrected chi connectivity index (χ4v) is 3.12. The van der Waals surface area contributed by atoms with Crippen LogP contribution in [0.5, 0.6) is 0 Å². The molecule has 1 saturated heterocycles. The Bertz CT molecular complexity index is 705. The zero-order chi connectivity index (χ0) is 15.0. The molecule has 1 aliphatic rings. The third kappa shape index (κ3) is 3.27. The van der Waals surface area contributed by atoms with Gasteiger partial charge in [0.05, 0.1) is 23.8 Å². The van der Waals surface area contributed by atoms with Crippen molar-refractivity contribution in [3.63, 3.8) is 0 Å². The van der Waals surface area contributed by atoms with Crippen molar-refractivity contribution in [3.8, 4) is 0 Å². The van der Waals surface area contributed by atoms with Crippen molar-refractivity contribution in [2.45, 2.75) is 9.79 Å². The standard InChI is InChI=1S/C10H13NO7S2/c12-19(13,14)8-1-2-10(20(15,16)17)9(7-8)11-3-5-18-6-4-11/h1-2,7H,3-6H2,(H,12,13,14)(H,15,16,17). The Balaban J connectivity index is 2.59. The molecule has 1 aliphatic heterocycles. The lowest BCUT2D eigenvalue weighted by molar-refractivity contribution is 0.122. The highest BCUT2D eigenvalue weighted by molar-refractivity contribution is 7.86. The number of hydrogen-bond donors (Lipinski definition) is 2. The molecule has 0 amide bonds. The molecule has 0 radical (unpaired) electrons. The number of hydrogen-bond acceptors (Lipinski definition) is 6. The molecule has 0 spiro atoms. The summed E-state index contributed by atoms with van der Waals surface area (Å²) in [5, 5.41) is 0. The SMILES string of the molecule is O=S(=O)(O)c1ccc(S(=O)(=O)O)c(N2CCOCC2)c1. The molecule has 1 fully saturated rings. The van der Waals surface area contributed by atoms with E-state index in [-0.39, 0.29) is 5.69 Å². The lowest BCUT2D eigenvalue weighted by atomic mass is 10.2. The first-order valence-corrected chi connectivity index (χ1v) is 8.49. The van der Waals surface area contributed by atoms with Crippen molar-refractivity contribution < 1.29 is 30.7 Å². The minimum absolute atomic E-state index is 0.0194. The third-order valence-electron chi connectivity index (χ3n) is 2.86. The molecule has 0 unspecified atom stereocenters. The smallest absolute Gasteiger partial charge is 0.296 e. The van der Waals surface area contributed by atoms with Crippen molar-refractivity contribution in [3.05, 3.63) is 18.2 Å². The summed E-state index contributed by atoms with van der Waals surface area (Å²) in [4.78, 5) is 0.722. The van der Waals surface area contributed by atoms with E-state index in [9.17, 15) is 21.4 Å². The fourth-order valence-electron chi connectivity index (χ4n) is 1.93. The first-order chi connectivity index (χ1) is 9.19. The molecule has 1 heterocycles. The fraction of sp³-hybridized carbons (Fsp3) is 0.400. The molecular formula is C10H13NO7S2. The second-order valence-corrected chi connectivity index (χ2v) is 6.99. The van der Waals surface area contributed by atoms with Crippen LogP contribution in [-0.4, -0.2) is 52.2 Å².